The van der Waals surface area contributed by atoms with E-state index in [1.54, 1.807) is 80.8 Å². The van der Waals surface area contributed by atoms with E-state index in [0.717, 1.165) is 4.31 Å². The lowest BCUT2D eigenvalue weighted by Gasteiger charge is -2.19. The summed E-state index contributed by atoms with van der Waals surface area (Å²) in [4.78, 5) is 44.8. The average molecular weight is 815 g/mol. The fourth-order valence-corrected chi connectivity index (χ4v) is 7.35. The molecule has 0 saturated heterocycles. The number of aromatic nitrogens is 3. The fourth-order valence-electron chi connectivity index (χ4n) is 6.40. The summed E-state index contributed by atoms with van der Waals surface area (Å²) in [6, 6.07) is 16.1. The number of allylic oxidation sites excluding steroid dienone is 1. The molecular weight excluding hydrogens is 772 g/mol. The van der Waals surface area contributed by atoms with E-state index in [1.807, 2.05) is 0 Å². The van der Waals surface area contributed by atoms with Gasteiger partial charge in [-0.3, -0.25) is 13.9 Å². The van der Waals surface area contributed by atoms with Crippen molar-refractivity contribution in [1.29, 1.82) is 0 Å². The number of azide groups is 2. The SMILES string of the molecule is Cc1c(-c2cccc(S(=O)(=O)N(C)C)c2)c2cc(C(=O)Nc3ccc4c(c3)n(CCN=[N+]=[N-])c(=O)n4CCN=[N+]=[N-])ccc2n1C/C(F)=C/CNC(=O)OC(C)(C)C. The standard InChI is InChI=1S/C38H43FN12O6S/c1-24-34(25-8-7-9-29(20-25)58(55,56)48(5)6)30-21-26(10-12-31(30)51(24)23-27(39)14-15-42-36(53)57-38(2,3)4)35(52)45-28-11-13-32-33(22-28)50(19-17-44-47-41)37(54)49(32)18-16-43-46-40/h7-14,20-22H,15-19,23H2,1-6H3,(H,42,53)(H,45,52)/b27-14-. The van der Waals surface area contributed by atoms with Crippen molar-refractivity contribution in [2.24, 2.45) is 10.2 Å². The van der Waals surface area contributed by atoms with Gasteiger partial charge in [0.2, 0.25) is 10.0 Å². The zero-order chi connectivity index (χ0) is 42.4. The number of sulfonamides is 1. The summed E-state index contributed by atoms with van der Waals surface area (Å²) < 4.78 is 52.6. The first-order valence-corrected chi connectivity index (χ1v) is 19.4. The summed E-state index contributed by atoms with van der Waals surface area (Å²) in [7, 11) is -0.959. The van der Waals surface area contributed by atoms with Crippen molar-refractivity contribution in [2.75, 3.05) is 39.0 Å². The molecule has 0 saturated carbocycles. The highest BCUT2D eigenvalue weighted by Crippen LogP contribution is 2.37. The van der Waals surface area contributed by atoms with Crippen LogP contribution in [0, 0.1) is 6.92 Å². The summed E-state index contributed by atoms with van der Waals surface area (Å²) in [5.41, 5.74) is 20.2. The molecule has 2 aromatic heterocycles. The molecule has 58 heavy (non-hydrogen) atoms. The minimum atomic E-state index is -3.82. The second kappa shape index (κ2) is 17.7. The van der Waals surface area contributed by atoms with Crippen LogP contribution in [0.3, 0.4) is 0 Å². The number of imidazole rings is 1. The number of rotatable bonds is 15. The summed E-state index contributed by atoms with van der Waals surface area (Å²) in [5, 5.41) is 13.0. The molecular formula is C38H43FN12O6S. The number of alkyl carbamates (subject to hydrolysis) is 1. The van der Waals surface area contributed by atoms with E-state index in [-0.39, 0.29) is 49.7 Å². The Labute approximate surface area is 332 Å². The third-order valence-corrected chi connectivity index (χ3v) is 10.8. The van der Waals surface area contributed by atoms with Gasteiger partial charge in [0.15, 0.2) is 0 Å². The number of halogens is 1. The Kier molecular flexibility index (Phi) is 13.0. The molecule has 0 unspecified atom stereocenters. The second-order valence-corrected chi connectivity index (χ2v) is 16.4. The van der Waals surface area contributed by atoms with Gasteiger partial charge >= 0.3 is 11.8 Å². The van der Waals surface area contributed by atoms with E-state index in [2.05, 4.69) is 30.7 Å². The number of anilines is 1. The Hall–Kier alpha value is -6.59. The number of ether oxygens (including phenoxy) is 1. The Morgan fingerprint density at radius 1 is 0.931 bits per heavy atom. The molecule has 0 atom stereocenters. The molecule has 0 radical (unpaired) electrons. The quantitative estimate of drug-likeness (QED) is 0.0628. The van der Waals surface area contributed by atoms with Crippen molar-refractivity contribution in [1.82, 2.24) is 23.3 Å². The molecule has 2 heterocycles. The predicted octanol–water partition coefficient (Wildman–Crippen LogP) is 7.23. The number of benzene rings is 3. The van der Waals surface area contributed by atoms with Crippen LogP contribution in [0.1, 0.15) is 36.8 Å². The summed E-state index contributed by atoms with van der Waals surface area (Å²) in [5.74, 6) is -1.07. The van der Waals surface area contributed by atoms with Crippen LogP contribution in [-0.2, 0) is 34.4 Å². The Bertz CT molecular complexity index is 2700. The fraction of sp³-hybridized carbons (Fsp3) is 0.342. The Balaban J connectivity index is 1.55. The highest BCUT2D eigenvalue weighted by Gasteiger charge is 2.23. The first kappa shape index (κ1) is 42.6. The van der Waals surface area contributed by atoms with E-state index in [9.17, 15) is 22.8 Å². The maximum Gasteiger partial charge on any atom is 0.407 e. The van der Waals surface area contributed by atoms with Crippen LogP contribution in [-0.4, -0.2) is 77.8 Å². The first-order valence-electron chi connectivity index (χ1n) is 18.0. The maximum atomic E-state index is 15.5. The second-order valence-electron chi connectivity index (χ2n) is 14.3. The molecule has 18 nitrogen and oxygen atoms in total. The van der Waals surface area contributed by atoms with Crippen molar-refractivity contribution >= 4 is 49.6 Å². The number of carbonyl (C=O) groups excluding carboxylic acids is 2. The smallest absolute Gasteiger partial charge is 0.407 e. The third-order valence-electron chi connectivity index (χ3n) is 9.02. The van der Waals surface area contributed by atoms with Crippen LogP contribution in [0.25, 0.3) is 53.9 Å². The Morgan fingerprint density at radius 2 is 1.59 bits per heavy atom. The highest BCUT2D eigenvalue weighted by molar-refractivity contribution is 7.89. The van der Waals surface area contributed by atoms with E-state index < -0.39 is 39.1 Å². The van der Waals surface area contributed by atoms with Crippen LogP contribution < -0.4 is 16.3 Å². The van der Waals surface area contributed by atoms with E-state index in [1.165, 1.54) is 41.4 Å². The van der Waals surface area contributed by atoms with Gasteiger partial charge in [-0.1, -0.05) is 22.4 Å². The van der Waals surface area contributed by atoms with Crippen molar-refractivity contribution < 1.29 is 27.1 Å². The molecule has 0 aliphatic carbocycles. The number of fused-ring (bicyclic) bond motifs is 2. The number of hydrogen-bond acceptors (Lipinski definition) is 8. The first-order chi connectivity index (χ1) is 27.5. The highest BCUT2D eigenvalue weighted by atomic mass is 32.2. The number of nitrogens with zero attached hydrogens (tertiary/aromatic N) is 10. The number of nitrogens with one attached hydrogen (secondary N) is 2. The molecule has 5 rings (SSSR count). The van der Waals surface area contributed by atoms with Crippen molar-refractivity contribution in [3.05, 3.63) is 115 Å². The van der Waals surface area contributed by atoms with Crippen LogP contribution in [0.15, 0.2) is 92.5 Å². The zero-order valence-electron chi connectivity index (χ0n) is 32.8. The molecule has 0 bridgehead atoms. The lowest BCUT2D eigenvalue weighted by molar-refractivity contribution is 0.0533. The van der Waals surface area contributed by atoms with Crippen LogP contribution in [0.5, 0.6) is 0 Å². The molecule has 0 aliphatic rings. The average Bonchev–Trinajstić information content (AvgIpc) is 3.58. The van der Waals surface area contributed by atoms with E-state index in [0.29, 0.717) is 44.4 Å². The number of carbonyl (C=O) groups is 2. The molecule has 2 N–H and O–H groups in total. The van der Waals surface area contributed by atoms with E-state index in [4.69, 9.17) is 15.8 Å². The van der Waals surface area contributed by atoms with Gasteiger partial charge in [-0.05, 0) is 98.9 Å². The van der Waals surface area contributed by atoms with Crippen molar-refractivity contribution in [3.8, 4) is 11.1 Å². The summed E-state index contributed by atoms with van der Waals surface area (Å²) in [6.07, 6.45) is 0.530. The lowest BCUT2D eigenvalue weighted by Crippen LogP contribution is -2.32. The third kappa shape index (κ3) is 9.50. The van der Waals surface area contributed by atoms with Gasteiger partial charge in [0.1, 0.15) is 11.4 Å². The van der Waals surface area contributed by atoms with Gasteiger partial charge in [-0.15, -0.1) is 0 Å². The molecule has 304 valence electrons. The lowest BCUT2D eigenvalue weighted by atomic mass is 10.0. The topological polar surface area (TPSA) is 234 Å². The minimum absolute atomic E-state index is 0.00346. The Morgan fingerprint density at radius 3 is 2.22 bits per heavy atom. The monoisotopic (exact) mass is 814 g/mol. The molecule has 3 aromatic carbocycles. The van der Waals surface area contributed by atoms with Gasteiger partial charge in [0, 0.05) is 90.1 Å². The van der Waals surface area contributed by atoms with Gasteiger partial charge in [-0.25, -0.2) is 26.7 Å². The molecule has 0 fully saturated rings. The summed E-state index contributed by atoms with van der Waals surface area (Å²) >= 11 is 0. The molecule has 0 aliphatic heterocycles. The predicted molar refractivity (Wildman–Crippen MR) is 219 cm³/mol. The maximum absolute atomic E-state index is 15.5. The zero-order valence-corrected chi connectivity index (χ0v) is 33.6. The molecule has 5 aromatic rings. The molecule has 2 amide bonds. The van der Waals surface area contributed by atoms with Crippen LogP contribution in [0.4, 0.5) is 14.9 Å². The van der Waals surface area contributed by atoms with Crippen LogP contribution in [0.2, 0.25) is 0 Å². The van der Waals surface area contributed by atoms with Crippen LogP contribution >= 0.6 is 0 Å². The van der Waals surface area contributed by atoms with Gasteiger partial charge in [-0.2, -0.15) is 0 Å². The van der Waals surface area contributed by atoms with Gasteiger partial charge < -0.3 is 19.9 Å². The normalized spacial score (nSPS) is 12.0. The molecule has 20 heteroatoms. The van der Waals surface area contributed by atoms with Crippen molar-refractivity contribution in [3.63, 3.8) is 0 Å². The minimum Gasteiger partial charge on any atom is -0.444 e. The molecule has 0 spiro atoms. The van der Waals surface area contributed by atoms with Crippen molar-refractivity contribution in [2.45, 2.75) is 57.8 Å². The van der Waals surface area contributed by atoms with Gasteiger partial charge in [0.25, 0.3) is 5.91 Å². The number of amides is 2. The number of hydrogen-bond donors (Lipinski definition) is 2. The summed E-state index contributed by atoms with van der Waals surface area (Å²) in [6.45, 7) is 6.75. The van der Waals surface area contributed by atoms with E-state index >= 15 is 4.39 Å². The largest absolute Gasteiger partial charge is 0.444 e. The van der Waals surface area contributed by atoms with Gasteiger partial charge in [0.05, 0.1) is 22.5 Å².